The Morgan fingerprint density at radius 1 is 1.11 bits per heavy atom. The first kappa shape index (κ1) is 26.9. The highest BCUT2D eigenvalue weighted by molar-refractivity contribution is 7.89. The van der Waals surface area contributed by atoms with Crippen LogP contribution in [0.2, 0.25) is 10.0 Å². The van der Waals surface area contributed by atoms with Crippen molar-refractivity contribution in [3.8, 4) is 0 Å². The number of sulfonamides is 1. The molecule has 2 aliphatic rings. The van der Waals surface area contributed by atoms with Crippen LogP contribution >= 0.6 is 23.2 Å². The van der Waals surface area contributed by atoms with Gasteiger partial charge in [0.05, 0.1) is 16.6 Å². The first-order valence-electron chi connectivity index (χ1n) is 12.2. The van der Waals surface area contributed by atoms with E-state index in [4.69, 9.17) is 23.2 Å². The molecule has 2 aromatic rings. The summed E-state index contributed by atoms with van der Waals surface area (Å²) in [5.74, 6) is 0.785. The fraction of sp³-hybridized carbons (Fsp3) is 0.462. The molecule has 1 aliphatic heterocycles. The molecule has 0 bridgehead atoms. The second kappa shape index (κ2) is 11.5. The molecule has 7 nitrogen and oxygen atoms in total. The number of amidine groups is 1. The number of amides is 1. The normalized spacial score (nSPS) is 20.2. The van der Waals surface area contributed by atoms with Crippen molar-refractivity contribution in [3.63, 3.8) is 0 Å². The van der Waals surface area contributed by atoms with Gasteiger partial charge in [-0.3, -0.25) is 9.79 Å². The quantitative estimate of drug-likeness (QED) is 0.533. The summed E-state index contributed by atoms with van der Waals surface area (Å²) in [4.78, 5) is 19.4. The zero-order valence-electron chi connectivity index (χ0n) is 20.6. The van der Waals surface area contributed by atoms with Gasteiger partial charge in [0.25, 0.3) is 0 Å². The minimum Gasteiger partial charge on any atom is -0.368 e. The third-order valence-corrected chi connectivity index (χ3v) is 9.98. The maximum absolute atomic E-state index is 13.3. The van der Waals surface area contributed by atoms with E-state index in [-0.39, 0.29) is 32.8 Å². The van der Waals surface area contributed by atoms with E-state index in [0.717, 1.165) is 49.3 Å². The highest BCUT2D eigenvalue weighted by atomic mass is 35.5. The van der Waals surface area contributed by atoms with E-state index < -0.39 is 10.0 Å². The first-order valence-corrected chi connectivity index (χ1v) is 14.4. The lowest BCUT2D eigenvalue weighted by Crippen LogP contribution is -2.44. The molecule has 10 heteroatoms. The van der Waals surface area contributed by atoms with Crippen molar-refractivity contribution in [1.29, 1.82) is 0 Å². The Kier molecular flexibility index (Phi) is 8.60. The lowest BCUT2D eigenvalue weighted by molar-refractivity contribution is -0.135. The Balaban J connectivity index is 1.35. The monoisotopic (exact) mass is 550 g/mol. The molecule has 1 aliphatic carbocycles. The molecule has 36 heavy (non-hydrogen) atoms. The van der Waals surface area contributed by atoms with Crippen LogP contribution in [0.25, 0.3) is 0 Å². The third-order valence-electron chi connectivity index (χ3n) is 7.10. The fourth-order valence-corrected chi connectivity index (χ4v) is 7.02. The van der Waals surface area contributed by atoms with Gasteiger partial charge in [-0.2, -0.15) is 4.31 Å². The highest BCUT2D eigenvalue weighted by Gasteiger charge is 2.36. The van der Waals surface area contributed by atoms with Gasteiger partial charge in [-0.25, -0.2) is 8.42 Å². The van der Waals surface area contributed by atoms with Crippen LogP contribution in [0.3, 0.4) is 0 Å². The summed E-state index contributed by atoms with van der Waals surface area (Å²) in [7, 11) is -0.455. The summed E-state index contributed by atoms with van der Waals surface area (Å²) in [6.07, 6.45) is 3.49. The molecule has 2 unspecified atom stereocenters. The van der Waals surface area contributed by atoms with Crippen molar-refractivity contribution in [2.45, 2.75) is 43.0 Å². The number of benzene rings is 2. The van der Waals surface area contributed by atoms with Crippen LogP contribution < -0.4 is 5.32 Å². The van der Waals surface area contributed by atoms with Crippen molar-refractivity contribution in [1.82, 2.24) is 14.5 Å². The maximum Gasteiger partial charge on any atom is 0.244 e. The smallest absolute Gasteiger partial charge is 0.244 e. The molecule has 1 fully saturated rings. The lowest BCUT2D eigenvalue weighted by Gasteiger charge is -2.35. The van der Waals surface area contributed by atoms with Crippen molar-refractivity contribution < 1.29 is 13.2 Å². The molecule has 0 aromatic heterocycles. The van der Waals surface area contributed by atoms with Crippen LogP contribution in [-0.4, -0.2) is 69.1 Å². The van der Waals surface area contributed by atoms with Crippen molar-refractivity contribution in [3.05, 3.63) is 63.6 Å². The van der Waals surface area contributed by atoms with Gasteiger partial charge in [0.15, 0.2) is 0 Å². The van der Waals surface area contributed by atoms with Crippen LogP contribution in [0.4, 0.5) is 0 Å². The number of hydrogen-bond acceptors (Lipinski definition) is 5. The van der Waals surface area contributed by atoms with Gasteiger partial charge < -0.3 is 10.2 Å². The molecule has 0 saturated heterocycles. The Morgan fingerprint density at radius 3 is 2.56 bits per heavy atom. The average Bonchev–Trinajstić information content (AvgIpc) is 3.43. The number of likely N-dealkylation sites (N-methyl/N-ethyl adjacent to an activating group) is 1. The number of carbonyl (C=O) groups excluding carboxylic acids is 1. The van der Waals surface area contributed by atoms with Crippen LogP contribution in [0.15, 0.2) is 52.4 Å². The standard InChI is InChI=1S/C26H32Cl2N4O3S/c1-31(16-13-18-9-11-19(12-10-18)25-29-14-15-30-25)26(33)20-5-3-6-21(17-20)32(2)36(34,35)23-8-4-7-22(27)24(23)28/h4,7-12,20-21H,3,5-6,13-17H2,1-2H3,(H,29,30). The minimum atomic E-state index is -3.84. The van der Waals surface area contributed by atoms with Gasteiger partial charge in [0, 0.05) is 44.7 Å². The number of nitrogens with zero attached hydrogens (tertiary/aromatic N) is 3. The fourth-order valence-electron chi connectivity index (χ4n) is 4.89. The van der Waals surface area contributed by atoms with Crippen molar-refractivity contribution >= 4 is 45.0 Å². The van der Waals surface area contributed by atoms with Gasteiger partial charge in [-0.05, 0) is 43.4 Å². The Hall–Kier alpha value is -2.13. The summed E-state index contributed by atoms with van der Waals surface area (Å²) in [6, 6.07) is 12.6. The summed E-state index contributed by atoms with van der Waals surface area (Å²) in [6.45, 7) is 2.29. The molecule has 1 amide bonds. The Labute approximate surface area is 223 Å². The van der Waals surface area contributed by atoms with Gasteiger partial charge >= 0.3 is 0 Å². The van der Waals surface area contributed by atoms with E-state index in [2.05, 4.69) is 34.6 Å². The largest absolute Gasteiger partial charge is 0.368 e. The molecule has 194 valence electrons. The van der Waals surface area contributed by atoms with E-state index in [0.29, 0.717) is 19.4 Å². The van der Waals surface area contributed by atoms with Crippen LogP contribution in [0.1, 0.15) is 36.8 Å². The molecule has 2 aromatic carbocycles. The van der Waals surface area contributed by atoms with E-state index in [1.54, 1.807) is 24.1 Å². The summed E-state index contributed by atoms with van der Waals surface area (Å²) in [5, 5.41) is 3.49. The summed E-state index contributed by atoms with van der Waals surface area (Å²) in [5.41, 5.74) is 2.23. The highest BCUT2D eigenvalue weighted by Crippen LogP contribution is 2.35. The number of halogens is 2. The lowest BCUT2D eigenvalue weighted by atomic mass is 9.85. The van der Waals surface area contributed by atoms with Gasteiger partial charge in [0.1, 0.15) is 10.7 Å². The third kappa shape index (κ3) is 5.88. The van der Waals surface area contributed by atoms with Crippen molar-refractivity contribution in [2.24, 2.45) is 10.9 Å². The number of hydrogen-bond donors (Lipinski definition) is 1. The topological polar surface area (TPSA) is 82.1 Å². The SMILES string of the molecule is CN(CCc1ccc(C2=NCCN2)cc1)C(=O)C1CCCC(N(C)S(=O)(=O)c2cccc(Cl)c2Cl)C1. The van der Waals surface area contributed by atoms with E-state index in [9.17, 15) is 13.2 Å². The second-order valence-electron chi connectivity index (χ2n) is 9.45. The predicted octanol–water partition coefficient (Wildman–Crippen LogP) is 4.22. The van der Waals surface area contributed by atoms with Gasteiger partial charge in [0.2, 0.25) is 15.9 Å². The number of rotatable bonds is 8. The Morgan fingerprint density at radius 2 is 1.86 bits per heavy atom. The van der Waals surface area contributed by atoms with E-state index in [1.807, 2.05) is 7.05 Å². The van der Waals surface area contributed by atoms with Crippen molar-refractivity contribution in [2.75, 3.05) is 33.7 Å². The van der Waals surface area contributed by atoms with Crippen LogP contribution in [0, 0.1) is 5.92 Å². The van der Waals surface area contributed by atoms with Gasteiger partial charge in [-0.15, -0.1) is 0 Å². The summed E-state index contributed by atoms with van der Waals surface area (Å²) >= 11 is 12.2. The molecule has 1 N–H and O–H groups in total. The maximum atomic E-state index is 13.3. The number of nitrogens with one attached hydrogen (secondary N) is 1. The predicted molar refractivity (Wildman–Crippen MR) is 144 cm³/mol. The molecule has 0 radical (unpaired) electrons. The Bertz CT molecular complexity index is 1230. The van der Waals surface area contributed by atoms with E-state index >= 15 is 0 Å². The first-order chi connectivity index (χ1) is 17.2. The second-order valence-corrected chi connectivity index (χ2v) is 12.2. The molecule has 0 spiro atoms. The van der Waals surface area contributed by atoms with Gasteiger partial charge in [-0.1, -0.05) is 60.0 Å². The molecular weight excluding hydrogens is 519 g/mol. The number of aliphatic imine (C=N–C) groups is 1. The zero-order valence-corrected chi connectivity index (χ0v) is 22.9. The molecule has 1 heterocycles. The molecule has 1 saturated carbocycles. The molecular formula is C26H32Cl2N4O3S. The van der Waals surface area contributed by atoms with Crippen LogP contribution in [-0.2, 0) is 21.2 Å². The van der Waals surface area contributed by atoms with E-state index in [1.165, 1.54) is 10.4 Å². The zero-order chi connectivity index (χ0) is 25.9. The average molecular weight is 552 g/mol. The minimum absolute atomic E-state index is 0.00784. The van der Waals surface area contributed by atoms with Crippen LogP contribution in [0.5, 0.6) is 0 Å². The number of carbonyl (C=O) groups is 1. The summed E-state index contributed by atoms with van der Waals surface area (Å²) < 4.78 is 27.9. The molecule has 2 atom stereocenters. The molecule has 4 rings (SSSR count).